The fraction of sp³-hybridized carbons (Fsp3) is 0.333. The maximum Gasteiger partial charge on any atom is 0.129 e. The highest BCUT2D eigenvalue weighted by atomic mass is 79.9. The molecule has 0 fully saturated rings. The molecule has 0 aromatic heterocycles. The first-order chi connectivity index (χ1) is 5.41. The highest BCUT2D eigenvalue weighted by Gasteiger charge is 2.20. The fourth-order valence-electron chi connectivity index (χ4n) is 0.966. The molecule has 0 heterocycles. The zero-order valence-electron chi connectivity index (χ0n) is 6.94. The van der Waals surface area contributed by atoms with E-state index in [1.807, 2.05) is 0 Å². The van der Waals surface area contributed by atoms with Crippen LogP contribution in [-0.2, 0) is 5.60 Å². The van der Waals surface area contributed by atoms with Crippen molar-refractivity contribution in [2.24, 2.45) is 0 Å². The van der Waals surface area contributed by atoms with Crippen molar-refractivity contribution in [2.45, 2.75) is 19.4 Å². The Morgan fingerprint density at radius 2 is 2.00 bits per heavy atom. The summed E-state index contributed by atoms with van der Waals surface area (Å²) in [4.78, 5) is 0. The molecule has 0 unspecified atom stereocenters. The molecule has 1 nitrogen and oxygen atoms in total. The van der Waals surface area contributed by atoms with Crippen LogP contribution in [0.25, 0.3) is 0 Å². The van der Waals surface area contributed by atoms with Gasteiger partial charge in [0.1, 0.15) is 5.82 Å². The van der Waals surface area contributed by atoms with Crippen LogP contribution in [0.2, 0.25) is 0 Å². The minimum absolute atomic E-state index is 0.303. The lowest BCUT2D eigenvalue weighted by Gasteiger charge is -2.18. The van der Waals surface area contributed by atoms with Gasteiger partial charge in [0.05, 0.1) is 5.60 Å². The van der Waals surface area contributed by atoms with Crippen molar-refractivity contribution >= 4 is 15.9 Å². The summed E-state index contributed by atoms with van der Waals surface area (Å²) in [7, 11) is 0. The highest BCUT2D eigenvalue weighted by Crippen LogP contribution is 2.25. The lowest BCUT2D eigenvalue weighted by Crippen LogP contribution is -2.17. The van der Waals surface area contributed by atoms with E-state index in [0.29, 0.717) is 5.56 Å². The summed E-state index contributed by atoms with van der Waals surface area (Å²) in [6, 6.07) is 4.51. The molecule has 0 spiro atoms. The minimum Gasteiger partial charge on any atom is -0.386 e. The number of benzene rings is 1. The van der Waals surface area contributed by atoms with E-state index in [1.165, 1.54) is 6.07 Å². The van der Waals surface area contributed by atoms with Crippen molar-refractivity contribution in [3.05, 3.63) is 34.1 Å². The molecule has 0 atom stereocenters. The quantitative estimate of drug-likeness (QED) is 0.790. The first-order valence-electron chi connectivity index (χ1n) is 3.59. The highest BCUT2D eigenvalue weighted by molar-refractivity contribution is 9.10. The Balaban J connectivity index is 3.23. The van der Waals surface area contributed by atoms with Gasteiger partial charge in [-0.05, 0) is 32.0 Å². The van der Waals surface area contributed by atoms with Gasteiger partial charge < -0.3 is 5.11 Å². The van der Waals surface area contributed by atoms with Crippen molar-refractivity contribution in [1.82, 2.24) is 0 Å². The molecule has 66 valence electrons. The van der Waals surface area contributed by atoms with Gasteiger partial charge in [0.25, 0.3) is 0 Å². The summed E-state index contributed by atoms with van der Waals surface area (Å²) in [6.07, 6.45) is 0. The van der Waals surface area contributed by atoms with Gasteiger partial charge in [0.15, 0.2) is 0 Å². The molecule has 0 saturated carbocycles. The van der Waals surface area contributed by atoms with E-state index >= 15 is 0 Å². The van der Waals surface area contributed by atoms with Crippen molar-refractivity contribution in [2.75, 3.05) is 0 Å². The molecule has 3 heteroatoms. The summed E-state index contributed by atoms with van der Waals surface area (Å²) in [5, 5.41) is 9.53. The van der Waals surface area contributed by atoms with Gasteiger partial charge in [-0.2, -0.15) is 0 Å². The zero-order valence-corrected chi connectivity index (χ0v) is 8.52. The molecule has 0 saturated heterocycles. The smallest absolute Gasteiger partial charge is 0.129 e. The van der Waals surface area contributed by atoms with E-state index in [1.54, 1.807) is 26.0 Å². The van der Waals surface area contributed by atoms with Crippen LogP contribution in [0.3, 0.4) is 0 Å². The standard InChI is InChI=1S/C9H10BrFO/c1-9(2,12)7-5-6(10)3-4-8(7)11/h3-5,12H,1-2H3. The van der Waals surface area contributed by atoms with Gasteiger partial charge >= 0.3 is 0 Å². The van der Waals surface area contributed by atoms with E-state index in [4.69, 9.17) is 0 Å². The Morgan fingerprint density at radius 3 is 2.42 bits per heavy atom. The van der Waals surface area contributed by atoms with E-state index in [0.717, 1.165) is 4.47 Å². The molecule has 0 aliphatic carbocycles. The average Bonchev–Trinajstić information content (AvgIpc) is 1.92. The van der Waals surface area contributed by atoms with Crippen molar-refractivity contribution in [3.8, 4) is 0 Å². The Kier molecular flexibility index (Phi) is 2.54. The maximum absolute atomic E-state index is 13.1. The molecule has 0 aliphatic rings. The molecule has 1 rings (SSSR count). The molecular formula is C9H10BrFO. The third-order valence-electron chi connectivity index (χ3n) is 1.59. The molecule has 1 aromatic carbocycles. The Morgan fingerprint density at radius 1 is 1.42 bits per heavy atom. The van der Waals surface area contributed by atoms with Crippen LogP contribution in [0.1, 0.15) is 19.4 Å². The third-order valence-corrected chi connectivity index (χ3v) is 2.08. The zero-order chi connectivity index (χ0) is 9.35. The monoisotopic (exact) mass is 232 g/mol. The summed E-state index contributed by atoms with van der Waals surface area (Å²) in [5.41, 5.74) is -0.828. The van der Waals surface area contributed by atoms with Crippen LogP contribution in [0.4, 0.5) is 4.39 Å². The Hall–Kier alpha value is -0.410. The largest absolute Gasteiger partial charge is 0.386 e. The van der Waals surface area contributed by atoms with Crippen molar-refractivity contribution < 1.29 is 9.50 Å². The molecule has 12 heavy (non-hydrogen) atoms. The van der Waals surface area contributed by atoms with E-state index in [9.17, 15) is 9.50 Å². The molecule has 0 bridgehead atoms. The van der Waals surface area contributed by atoms with E-state index < -0.39 is 5.60 Å². The number of hydrogen-bond acceptors (Lipinski definition) is 1. The number of rotatable bonds is 1. The van der Waals surface area contributed by atoms with Gasteiger partial charge in [-0.1, -0.05) is 15.9 Å². The predicted molar refractivity (Wildman–Crippen MR) is 49.3 cm³/mol. The summed E-state index contributed by atoms with van der Waals surface area (Å²) in [6.45, 7) is 3.11. The van der Waals surface area contributed by atoms with E-state index in [-0.39, 0.29) is 5.82 Å². The molecule has 1 aromatic rings. The summed E-state index contributed by atoms with van der Waals surface area (Å²) >= 11 is 3.21. The van der Waals surface area contributed by atoms with Gasteiger partial charge in [-0.25, -0.2) is 4.39 Å². The SMILES string of the molecule is CC(C)(O)c1cc(Br)ccc1F. The van der Waals surface area contributed by atoms with Crippen LogP contribution >= 0.6 is 15.9 Å². The second-order valence-corrected chi connectivity index (χ2v) is 4.10. The number of halogens is 2. The Bertz CT molecular complexity index is 291. The van der Waals surface area contributed by atoms with Crippen LogP contribution < -0.4 is 0 Å². The van der Waals surface area contributed by atoms with Crippen LogP contribution in [0, 0.1) is 5.82 Å². The lowest BCUT2D eigenvalue weighted by atomic mass is 9.98. The molecule has 0 amide bonds. The second-order valence-electron chi connectivity index (χ2n) is 3.18. The van der Waals surface area contributed by atoms with Crippen LogP contribution in [0.15, 0.2) is 22.7 Å². The number of hydrogen-bond donors (Lipinski definition) is 1. The molecule has 0 aliphatic heterocycles. The fourth-order valence-corrected chi connectivity index (χ4v) is 1.33. The first kappa shape index (κ1) is 9.68. The molecule has 1 N–H and O–H groups in total. The topological polar surface area (TPSA) is 20.2 Å². The number of aliphatic hydroxyl groups is 1. The van der Waals surface area contributed by atoms with Gasteiger partial charge in [-0.3, -0.25) is 0 Å². The normalized spacial score (nSPS) is 11.8. The van der Waals surface area contributed by atoms with Crippen LogP contribution in [-0.4, -0.2) is 5.11 Å². The van der Waals surface area contributed by atoms with Crippen LogP contribution in [0.5, 0.6) is 0 Å². The van der Waals surface area contributed by atoms with Gasteiger partial charge in [0.2, 0.25) is 0 Å². The summed E-state index contributed by atoms with van der Waals surface area (Å²) < 4.78 is 13.8. The lowest BCUT2D eigenvalue weighted by molar-refractivity contribution is 0.0745. The maximum atomic E-state index is 13.1. The molecule has 0 radical (unpaired) electrons. The van der Waals surface area contributed by atoms with Crippen molar-refractivity contribution in [1.29, 1.82) is 0 Å². The predicted octanol–water partition coefficient (Wildman–Crippen LogP) is 2.82. The minimum atomic E-state index is -1.13. The van der Waals surface area contributed by atoms with Gasteiger partial charge in [0, 0.05) is 10.0 Å². The van der Waals surface area contributed by atoms with Gasteiger partial charge in [-0.15, -0.1) is 0 Å². The molecular weight excluding hydrogens is 223 g/mol. The second kappa shape index (κ2) is 3.15. The average molecular weight is 233 g/mol. The third kappa shape index (κ3) is 2.05. The van der Waals surface area contributed by atoms with Crippen molar-refractivity contribution in [3.63, 3.8) is 0 Å². The summed E-state index contributed by atoms with van der Waals surface area (Å²) in [5.74, 6) is -0.384. The van der Waals surface area contributed by atoms with E-state index in [2.05, 4.69) is 15.9 Å². The Labute approximate surface area is 79.4 Å². The first-order valence-corrected chi connectivity index (χ1v) is 4.38.